The normalized spacial score (nSPS) is 25.6. The molecular formula is C14H13F3N2O2. The van der Waals surface area contributed by atoms with E-state index in [9.17, 15) is 22.8 Å². The van der Waals surface area contributed by atoms with Crippen LogP contribution in [0.15, 0.2) is 18.2 Å². The van der Waals surface area contributed by atoms with Crippen LogP contribution in [0.2, 0.25) is 0 Å². The van der Waals surface area contributed by atoms with Gasteiger partial charge in [0.05, 0.1) is 28.8 Å². The number of fused-ring (bicyclic) bond motifs is 1. The number of benzene rings is 1. The smallest absolute Gasteiger partial charge is 0.397 e. The lowest BCUT2D eigenvalue weighted by atomic mass is 10.00. The van der Waals surface area contributed by atoms with Crippen LogP contribution in [0.3, 0.4) is 0 Å². The van der Waals surface area contributed by atoms with Crippen LogP contribution in [0.5, 0.6) is 0 Å². The molecule has 1 aliphatic heterocycles. The maximum Gasteiger partial charge on any atom is 0.416 e. The van der Waals surface area contributed by atoms with E-state index in [4.69, 9.17) is 5.73 Å². The minimum absolute atomic E-state index is 0.0485. The van der Waals surface area contributed by atoms with Crippen LogP contribution in [0.25, 0.3) is 0 Å². The minimum Gasteiger partial charge on any atom is -0.397 e. The van der Waals surface area contributed by atoms with E-state index < -0.39 is 11.7 Å². The highest BCUT2D eigenvalue weighted by molar-refractivity contribution is 6.23. The van der Waals surface area contributed by atoms with Gasteiger partial charge in [0.15, 0.2) is 0 Å². The van der Waals surface area contributed by atoms with Gasteiger partial charge in [0, 0.05) is 0 Å². The average molecular weight is 298 g/mol. The molecule has 1 aromatic rings. The van der Waals surface area contributed by atoms with Crippen LogP contribution in [0.4, 0.5) is 24.5 Å². The van der Waals surface area contributed by atoms with Crippen molar-refractivity contribution in [3.8, 4) is 0 Å². The number of carbonyl (C=O) groups is 2. The number of anilines is 2. The number of rotatable bonds is 1. The second-order valence-corrected chi connectivity index (χ2v) is 5.43. The quantitative estimate of drug-likeness (QED) is 0.640. The van der Waals surface area contributed by atoms with Crippen molar-refractivity contribution < 1.29 is 22.8 Å². The maximum absolute atomic E-state index is 12.6. The van der Waals surface area contributed by atoms with Gasteiger partial charge in [-0.15, -0.1) is 0 Å². The summed E-state index contributed by atoms with van der Waals surface area (Å²) in [5.41, 5.74) is 4.56. The van der Waals surface area contributed by atoms with Crippen LogP contribution in [0.1, 0.15) is 24.8 Å². The Morgan fingerprint density at radius 2 is 1.67 bits per heavy atom. The van der Waals surface area contributed by atoms with E-state index in [1.807, 2.05) is 0 Å². The fourth-order valence-corrected chi connectivity index (χ4v) is 3.16. The molecule has 2 fully saturated rings. The first-order valence-electron chi connectivity index (χ1n) is 6.65. The van der Waals surface area contributed by atoms with Gasteiger partial charge in [-0.1, -0.05) is 6.42 Å². The molecule has 1 aliphatic carbocycles. The largest absolute Gasteiger partial charge is 0.416 e. The molecule has 0 spiro atoms. The van der Waals surface area contributed by atoms with Gasteiger partial charge in [0.1, 0.15) is 0 Å². The fourth-order valence-electron chi connectivity index (χ4n) is 3.16. The summed E-state index contributed by atoms with van der Waals surface area (Å²) < 4.78 is 37.8. The van der Waals surface area contributed by atoms with Gasteiger partial charge in [-0.2, -0.15) is 13.2 Å². The number of amides is 2. The molecule has 1 saturated carbocycles. The standard InChI is InChI=1S/C14H13F3N2O2/c15-14(16,17)7-4-5-11(10(18)6-7)19-12(20)8-2-1-3-9(8)13(19)21/h4-6,8-9H,1-3,18H2. The Bertz CT molecular complexity index is 605. The SMILES string of the molecule is Nc1cc(C(F)(F)F)ccc1N1C(=O)C2CCCC2C1=O. The van der Waals surface area contributed by atoms with E-state index in [2.05, 4.69) is 0 Å². The van der Waals surface area contributed by atoms with Crippen molar-refractivity contribution in [1.29, 1.82) is 0 Å². The Balaban J connectivity index is 1.98. The second kappa shape index (κ2) is 4.47. The summed E-state index contributed by atoms with van der Waals surface area (Å²) in [6.45, 7) is 0. The highest BCUT2D eigenvalue weighted by Gasteiger charge is 2.50. The lowest BCUT2D eigenvalue weighted by Gasteiger charge is -2.19. The van der Waals surface area contributed by atoms with Crippen molar-refractivity contribution in [2.24, 2.45) is 11.8 Å². The van der Waals surface area contributed by atoms with Crippen molar-refractivity contribution in [3.05, 3.63) is 23.8 Å². The molecule has 1 aromatic carbocycles. The molecule has 2 N–H and O–H groups in total. The highest BCUT2D eigenvalue weighted by atomic mass is 19.4. The summed E-state index contributed by atoms with van der Waals surface area (Å²) in [5, 5.41) is 0. The van der Waals surface area contributed by atoms with Gasteiger partial charge < -0.3 is 5.73 Å². The van der Waals surface area contributed by atoms with E-state index in [1.165, 1.54) is 0 Å². The highest BCUT2D eigenvalue weighted by Crippen LogP contribution is 2.43. The van der Waals surface area contributed by atoms with Gasteiger partial charge in [-0.3, -0.25) is 9.59 Å². The molecule has 112 valence electrons. The summed E-state index contributed by atoms with van der Waals surface area (Å²) >= 11 is 0. The zero-order valence-corrected chi connectivity index (χ0v) is 11.0. The van der Waals surface area contributed by atoms with Crippen molar-refractivity contribution in [3.63, 3.8) is 0 Å². The summed E-state index contributed by atoms with van der Waals surface area (Å²) in [6.07, 6.45) is -2.40. The Morgan fingerprint density at radius 1 is 1.10 bits per heavy atom. The molecule has 1 heterocycles. The molecular weight excluding hydrogens is 285 g/mol. The Kier molecular flexibility index (Phi) is 2.96. The Hall–Kier alpha value is -2.05. The molecule has 2 unspecified atom stereocenters. The molecule has 0 bridgehead atoms. The van der Waals surface area contributed by atoms with Crippen molar-refractivity contribution in [2.45, 2.75) is 25.4 Å². The van der Waals surface area contributed by atoms with Crippen LogP contribution >= 0.6 is 0 Å². The van der Waals surface area contributed by atoms with E-state index in [1.54, 1.807) is 0 Å². The zero-order valence-electron chi connectivity index (χ0n) is 11.0. The summed E-state index contributed by atoms with van der Waals surface area (Å²) in [5.74, 6) is -1.40. The Morgan fingerprint density at radius 3 is 2.14 bits per heavy atom. The van der Waals surface area contributed by atoms with Crippen molar-refractivity contribution >= 4 is 23.2 Å². The molecule has 0 aromatic heterocycles. The van der Waals surface area contributed by atoms with Crippen LogP contribution < -0.4 is 10.6 Å². The molecule has 4 nitrogen and oxygen atoms in total. The molecule has 2 aliphatic rings. The third-order valence-corrected chi connectivity index (χ3v) is 4.19. The molecule has 7 heteroatoms. The topological polar surface area (TPSA) is 63.4 Å². The van der Waals surface area contributed by atoms with Crippen molar-refractivity contribution in [1.82, 2.24) is 0 Å². The first-order chi connectivity index (χ1) is 9.80. The van der Waals surface area contributed by atoms with Gasteiger partial charge in [0.2, 0.25) is 11.8 Å². The second-order valence-electron chi connectivity index (χ2n) is 5.43. The van der Waals surface area contributed by atoms with Gasteiger partial charge >= 0.3 is 6.18 Å². The number of nitrogens with two attached hydrogens (primary N) is 1. The maximum atomic E-state index is 12.6. The predicted molar refractivity (Wildman–Crippen MR) is 69.2 cm³/mol. The molecule has 2 atom stereocenters. The first-order valence-corrected chi connectivity index (χ1v) is 6.65. The molecule has 1 saturated heterocycles. The number of halogens is 3. The summed E-state index contributed by atoms with van der Waals surface area (Å²) in [7, 11) is 0. The van der Waals surface area contributed by atoms with E-state index in [0.717, 1.165) is 29.5 Å². The summed E-state index contributed by atoms with van der Waals surface area (Å²) in [4.78, 5) is 25.5. The number of hydrogen-bond acceptors (Lipinski definition) is 3. The van der Waals surface area contributed by atoms with Gasteiger partial charge in [-0.05, 0) is 31.0 Å². The fraction of sp³-hybridized carbons (Fsp3) is 0.429. The lowest BCUT2D eigenvalue weighted by molar-refractivity contribution is -0.137. The number of alkyl halides is 3. The number of imide groups is 1. The van der Waals surface area contributed by atoms with E-state index in [-0.39, 0.29) is 35.0 Å². The zero-order chi connectivity index (χ0) is 15.4. The molecule has 3 rings (SSSR count). The monoisotopic (exact) mass is 298 g/mol. The average Bonchev–Trinajstić information content (AvgIpc) is 2.95. The number of carbonyl (C=O) groups excluding carboxylic acids is 2. The van der Waals surface area contributed by atoms with E-state index in [0.29, 0.717) is 12.8 Å². The van der Waals surface area contributed by atoms with Crippen molar-refractivity contribution in [2.75, 3.05) is 10.6 Å². The third kappa shape index (κ3) is 2.07. The minimum atomic E-state index is -4.51. The van der Waals surface area contributed by atoms with Gasteiger partial charge in [0.25, 0.3) is 0 Å². The first kappa shape index (κ1) is 13.9. The number of hydrogen-bond donors (Lipinski definition) is 1. The molecule has 0 radical (unpaired) electrons. The predicted octanol–water partition coefficient (Wildman–Crippen LogP) is 2.58. The number of nitrogen functional groups attached to an aromatic ring is 1. The summed E-state index contributed by atoms with van der Waals surface area (Å²) in [6, 6.07) is 2.68. The van der Waals surface area contributed by atoms with Crippen LogP contribution in [0, 0.1) is 11.8 Å². The van der Waals surface area contributed by atoms with Gasteiger partial charge in [-0.25, -0.2) is 4.90 Å². The molecule has 21 heavy (non-hydrogen) atoms. The lowest BCUT2D eigenvalue weighted by Crippen LogP contribution is -2.32. The Labute approximate surface area is 118 Å². The van der Waals surface area contributed by atoms with E-state index >= 15 is 0 Å². The van der Waals surface area contributed by atoms with Crippen LogP contribution in [-0.2, 0) is 15.8 Å². The number of nitrogens with zero attached hydrogens (tertiary/aromatic N) is 1. The molecule has 2 amide bonds. The van der Waals surface area contributed by atoms with Crippen LogP contribution in [-0.4, -0.2) is 11.8 Å². The third-order valence-electron chi connectivity index (χ3n) is 4.19.